The highest BCUT2D eigenvalue weighted by molar-refractivity contribution is 6.30. The molecular weight excluding hydrogens is 435 g/mol. The molecule has 11 heteroatoms. The lowest BCUT2D eigenvalue weighted by molar-refractivity contribution is 0.629. The maximum Gasteiger partial charge on any atom is 0.267 e. The van der Waals surface area contributed by atoms with Crippen LogP contribution in [0.4, 0.5) is 27.9 Å². The molecule has 4 aromatic rings. The van der Waals surface area contributed by atoms with Gasteiger partial charge in [-0.25, -0.2) is 13.9 Å². The maximum absolute atomic E-state index is 13.9. The molecule has 0 unspecified atom stereocenters. The lowest BCUT2D eigenvalue weighted by Crippen LogP contribution is -2.31. The Balaban J connectivity index is 2.12. The molecule has 9 nitrogen and oxygen atoms in total. The van der Waals surface area contributed by atoms with E-state index in [9.17, 15) is 14.4 Å². The topological polar surface area (TPSA) is 140 Å². The van der Waals surface area contributed by atoms with E-state index in [-0.39, 0.29) is 46.5 Å². The normalized spacial score (nSPS) is 10.8. The Morgan fingerprint density at radius 2 is 1.97 bits per heavy atom. The molecule has 2 aromatic carbocycles. The Kier molecular flexibility index (Phi) is 5.34. The summed E-state index contributed by atoms with van der Waals surface area (Å²) in [5.74, 6) is -0.614. The number of nitriles is 1. The number of hydrogen-bond acceptors (Lipinski definition) is 8. The van der Waals surface area contributed by atoms with E-state index < -0.39 is 11.4 Å². The second-order valence-corrected chi connectivity index (χ2v) is 7.15. The Labute approximate surface area is 186 Å². The van der Waals surface area contributed by atoms with Gasteiger partial charge in [0.1, 0.15) is 23.3 Å². The highest BCUT2D eigenvalue weighted by Crippen LogP contribution is 2.30. The molecule has 0 spiro atoms. The van der Waals surface area contributed by atoms with E-state index in [1.165, 1.54) is 21.6 Å². The van der Waals surface area contributed by atoms with Gasteiger partial charge in [-0.2, -0.15) is 15.2 Å². The minimum atomic E-state index is -0.572. The Morgan fingerprint density at radius 1 is 1.19 bits per heavy atom. The van der Waals surface area contributed by atoms with E-state index in [4.69, 9.17) is 23.1 Å². The zero-order valence-electron chi connectivity index (χ0n) is 16.8. The van der Waals surface area contributed by atoms with Gasteiger partial charge in [-0.15, -0.1) is 0 Å². The first-order chi connectivity index (χ1) is 15.3. The van der Waals surface area contributed by atoms with E-state index in [0.29, 0.717) is 10.7 Å². The van der Waals surface area contributed by atoms with Gasteiger partial charge in [0, 0.05) is 11.6 Å². The van der Waals surface area contributed by atoms with Crippen LogP contribution in [-0.4, -0.2) is 26.1 Å². The second-order valence-electron chi connectivity index (χ2n) is 6.72. The maximum atomic E-state index is 13.9. The van der Waals surface area contributed by atoms with Gasteiger partial charge >= 0.3 is 0 Å². The fraction of sp³-hybridized carbons (Fsp3) is 0.0952. The van der Waals surface area contributed by atoms with Crippen molar-refractivity contribution < 1.29 is 4.39 Å². The van der Waals surface area contributed by atoms with Crippen molar-refractivity contribution in [2.24, 2.45) is 0 Å². The zero-order chi connectivity index (χ0) is 23.0. The molecule has 0 atom stereocenters. The van der Waals surface area contributed by atoms with E-state index in [0.717, 1.165) is 6.07 Å². The van der Waals surface area contributed by atoms with Gasteiger partial charge in [-0.1, -0.05) is 17.7 Å². The van der Waals surface area contributed by atoms with E-state index in [2.05, 4.69) is 15.0 Å². The molecule has 0 fully saturated rings. The summed E-state index contributed by atoms with van der Waals surface area (Å²) in [4.78, 5) is 27.6. The van der Waals surface area contributed by atoms with Gasteiger partial charge in [0.2, 0.25) is 11.9 Å². The number of benzene rings is 2. The van der Waals surface area contributed by atoms with Crippen LogP contribution >= 0.6 is 11.6 Å². The lowest BCUT2D eigenvalue weighted by Gasteiger charge is -2.25. The van der Waals surface area contributed by atoms with Crippen molar-refractivity contribution in [2.45, 2.75) is 6.92 Å². The third-order valence-corrected chi connectivity index (χ3v) is 4.97. The molecule has 0 aliphatic carbocycles. The highest BCUT2D eigenvalue weighted by atomic mass is 35.5. The predicted octanol–water partition coefficient (Wildman–Crippen LogP) is 3.16. The number of hydrogen-bond donors (Lipinski definition) is 2. The van der Waals surface area contributed by atoms with E-state index in [1.54, 1.807) is 31.2 Å². The lowest BCUT2D eigenvalue weighted by atomic mass is 10.2. The summed E-state index contributed by atoms with van der Waals surface area (Å²) in [6, 6.07) is 12.2. The van der Waals surface area contributed by atoms with Crippen molar-refractivity contribution in [3.8, 4) is 11.8 Å². The molecule has 2 heterocycles. The summed E-state index contributed by atoms with van der Waals surface area (Å²) in [5, 5.41) is 10.1. The van der Waals surface area contributed by atoms with Crippen LogP contribution in [0.3, 0.4) is 0 Å². The van der Waals surface area contributed by atoms with Gasteiger partial charge in [0.15, 0.2) is 5.82 Å². The molecule has 0 aliphatic heterocycles. The number of fused-ring (bicyclic) bond motifs is 1. The van der Waals surface area contributed by atoms with Crippen LogP contribution in [0.15, 0.2) is 47.3 Å². The van der Waals surface area contributed by atoms with Crippen molar-refractivity contribution in [2.75, 3.05) is 22.9 Å². The molecule has 160 valence electrons. The molecule has 0 aliphatic rings. The number of rotatable bonds is 4. The molecule has 4 rings (SSSR count). The van der Waals surface area contributed by atoms with Crippen molar-refractivity contribution in [1.29, 1.82) is 5.26 Å². The third-order valence-electron chi connectivity index (χ3n) is 4.74. The number of nitrogens with zero attached hydrogens (tertiary/aromatic N) is 6. The van der Waals surface area contributed by atoms with Crippen molar-refractivity contribution in [3.05, 3.63) is 69.2 Å². The number of aromatic nitrogens is 4. The van der Waals surface area contributed by atoms with Crippen molar-refractivity contribution in [1.82, 2.24) is 19.5 Å². The Morgan fingerprint density at radius 3 is 2.66 bits per heavy atom. The standard InChI is InChI=1S/C21H16ClFN8O/c1-2-30(18-15(10-24)17(25)28-20(26)29-18)21-27-16-7-6-12(23)9-14(16)19(32)31(21)13-5-3-4-11(22)8-13/h3-9H,2H2,1H3,(H4,25,26,28,29). The summed E-state index contributed by atoms with van der Waals surface area (Å²) in [6.07, 6.45) is 0. The molecule has 0 saturated carbocycles. The number of nitrogens with two attached hydrogens (primary N) is 2. The van der Waals surface area contributed by atoms with Crippen molar-refractivity contribution in [3.63, 3.8) is 0 Å². The summed E-state index contributed by atoms with van der Waals surface area (Å²) in [6.45, 7) is 2.02. The molecule has 0 amide bonds. The van der Waals surface area contributed by atoms with Gasteiger partial charge < -0.3 is 11.5 Å². The van der Waals surface area contributed by atoms with Crippen LogP contribution in [-0.2, 0) is 0 Å². The fourth-order valence-corrected chi connectivity index (χ4v) is 3.53. The predicted molar refractivity (Wildman–Crippen MR) is 121 cm³/mol. The van der Waals surface area contributed by atoms with Crippen molar-refractivity contribution >= 4 is 46.0 Å². The second kappa shape index (κ2) is 8.13. The number of nitrogen functional groups attached to an aromatic ring is 2. The smallest absolute Gasteiger partial charge is 0.267 e. The first-order valence-electron chi connectivity index (χ1n) is 9.43. The largest absolute Gasteiger partial charge is 0.382 e. The van der Waals surface area contributed by atoms with E-state index in [1.807, 2.05) is 6.07 Å². The summed E-state index contributed by atoms with van der Waals surface area (Å²) in [7, 11) is 0. The zero-order valence-corrected chi connectivity index (χ0v) is 17.5. The molecule has 0 bridgehead atoms. The number of halogens is 2. The average Bonchev–Trinajstić information content (AvgIpc) is 2.75. The Hall–Kier alpha value is -4.23. The molecule has 4 N–H and O–H groups in total. The van der Waals surface area contributed by atoms with Crippen LogP contribution in [0.1, 0.15) is 12.5 Å². The monoisotopic (exact) mass is 450 g/mol. The first kappa shape index (κ1) is 21.0. The first-order valence-corrected chi connectivity index (χ1v) is 9.80. The summed E-state index contributed by atoms with van der Waals surface area (Å²) >= 11 is 6.16. The van der Waals surface area contributed by atoms with Crippen LogP contribution < -0.4 is 21.9 Å². The van der Waals surface area contributed by atoms with Crippen LogP contribution in [0.25, 0.3) is 16.6 Å². The third kappa shape index (κ3) is 3.55. The van der Waals surface area contributed by atoms with E-state index >= 15 is 0 Å². The molecule has 0 saturated heterocycles. The Bertz CT molecular complexity index is 1460. The minimum absolute atomic E-state index is 0.0212. The fourth-order valence-electron chi connectivity index (χ4n) is 3.35. The number of anilines is 4. The molecule has 32 heavy (non-hydrogen) atoms. The average molecular weight is 451 g/mol. The van der Waals surface area contributed by atoms with Gasteiger partial charge in [-0.3, -0.25) is 9.69 Å². The molecule has 2 aromatic heterocycles. The molecular formula is C21H16ClFN8O. The quantitative estimate of drug-likeness (QED) is 0.483. The van der Waals surface area contributed by atoms with Gasteiger partial charge in [0.05, 0.1) is 16.6 Å². The van der Waals surface area contributed by atoms with Crippen LogP contribution in [0.2, 0.25) is 5.02 Å². The van der Waals surface area contributed by atoms with Crippen LogP contribution in [0.5, 0.6) is 0 Å². The van der Waals surface area contributed by atoms with Crippen LogP contribution in [0, 0.1) is 17.1 Å². The minimum Gasteiger partial charge on any atom is -0.382 e. The van der Waals surface area contributed by atoms with Gasteiger partial charge in [-0.05, 0) is 43.3 Å². The highest BCUT2D eigenvalue weighted by Gasteiger charge is 2.24. The van der Waals surface area contributed by atoms with Gasteiger partial charge in [0.25, 0.3) is 5.56 Å². The SMILES string of the molecule is CCN(c1nc(N)nc(N)c1C#N)c1nc2ccc(F)cc2c(=O)n1-c1cccc(Cl)c1. The molecule has 0 radical (unpaired) electrons. The summed E-state index contributed by atoms with van der Waals surface area (Å²) in [5.41, 5.74) is 11.8. The summed E-state index contributed by atoms with van der Waals surface area (Å²) < 4.78 is 15.2.